The summed E-state index contributed by atoms with van der Waals surface area (Å²) in [4.78, 5) is 0. The van der Waals surface area contributed by atoms with E-state index in [9.17, 15) is 0 Å². The Kier molecular flexibility index (Phi) is 4.70. The van der Waals surface area contributed by atoms with Gasteiger partial charge in [-0.2, -0.15) is 14.9 Å². The van der Waals surface area contributed by atoms with Crippen LogP contribution in [0.1, 0.15) is 47.7 Å². The summed E-state index contributed by atoms with van der Waals surface area (Å²) in [5.74, 6) is 4.40. The summed E-state index contributed by atoms with van der Waals surface area (Å²) in [5.41, 5.74) is 2.28. The summed E-state index contributed by atoms with van der Waals surface area (Å²) in [6, 6.07) is 10.0. The predicted octanol–water partition coefficient (Wildman–Crippen LogP) is 4.74. The fourth-order valence-corrected chi connectivity index (χ4v) is 3.31. The number of ether oxygens (including phenoxy) is 1. The van der Waals surface area contributed by atoms with Crippen LogP contribution in [-0.2, 0) is 6.61 Å². The first kappa shape index (κ1) is 17.7. The molecule has 1 saturated carbocycles. The summed E-state index contributed by atoms with van der Waals surface area (Å²) in [6.45, 7) is 6.57. The molecule has 0 radical (unpaired) electrons. The van der Waals surface area contributed by atoms with Crippen molar-refractivity contribution >= 4 is 18.4 Å². The Morgan fingerprint density at radius 2 is 2.19 bits per heavy atom. The zero-order valence-electron chi connectivity index (χ0n) is 15.6. The molecule has 2 heterocycles. The van der Waals surface area contributed by atoms with E-state index in [4.69, 9.17) is 21.4 Å². The number of nitrogens with one attached hydrogen (secondary N) is 1. The predicted molar refractivity (Wildman–Crippen MR) is 106 cm³/mol. The minimum absolute atomic E-state index is 0.261. The number of rotatable bonds is 6. The van der Waals surface area contributed by atoms with Gasteiger partial charge in [-0.25, -0.2) is 5.10 Å². The highest BCUT2D eigenvalue weighted by molar-refractivity contribution is 7.71. The Morgan fingerprint density at radius 3 is 2.93 bits per heavy atom. The molecule has 0 amide bonds. The van der Waals surface area contributed by atoms with Crippen molar-refractivity contribution in [2.45, 2.75) is 39.7 Å². The normalized spacial score (nSPS) is 18.9. The maximum absolute atomic E-state index is 5.89. The van der Waals surface area contributed by atoms with Crippen LogP contribution in [0, 0.1) is 24.5 Å². The van der Waals surface area contributed by atoms with Crippen molar-refractivity contribution in [3.8, 4) is 5.75 Å². The molecule has 7 heteroatoms. The number of hydrogen-bond acceptors (Lipinski definition) is 5. The first-order valence-electron chi connectivity index (χ1n) is 9.01. The molecule has 0 unspecified atom stereocenters. The van der Waals surface area contributed by atoms with Gasteiger partial charge in [0, 0.05) is 5.92 Å². The van der Waals surface area contributed by atoms with Crippen molar-refractivity contribution in [2.24, 2.45) is 11.0 Å². The van der Waals surface area contributed by atoms with Gasteiger partial charge in [0.1, 0.15) is 23.9 Å². The topological polar surface area (TPSA) is 68.3 Å². The van der Waals surface area contributed by atoms with Crippen LogP contribution < -0.4 is 4.74 Å². The van der Waals surface area contributed by atoms with Crippen LogP contribution in [0.4, 0.5) is 0 Å². The van der Waals surface area contributed by atoms with Crippen molar-refractivity contribution in [3.63, 3.8) is 0 Å². The van der Waals surface area contributed by atoms with Crippen molar-refractivity contribution < 1.29 is 9.15 Å². The van der Waals surface area contributed by atoms with Crippen molar-refractivity contribution in [1.82, 2.24) is 14.9 Å². The number of furan rings is 1. The molecule has 2 aromatic heterocycles. The van der Waals surface area contributed by atoms with Gasteiger partial charge in [0.05, 0.1) is 6.21 Å². The number of aromatic nitrogens is 3. The number of benzene rings is 1. The smallest absolute Gasteiger partial charge is 0.216 e. The fourth-order valence-electron chi connectivity index (χ4n) is 3.11. The van der Waals surface area contributed by atoms with Gasteiger partial charge < -0.3 is 9.15 Å². The Balaban J connectivity index is 1.48. The van der Waals surface area contributed by atoms with Crippen LogP contribution in [0.3, 0.4) is 0 Å². The van der Waals surface area contributed by atoms with Crippen LogP contribution in [0.5, 0.6) is 5.75 Å². The van der Waals surface area contributed by atoms with Crippen LogP contribution in [0.2, 0.25) is 0 Å². The summed E-state index contributed by atoms with van der Waals surface area (Å²) in [5, 5.41) is 11.4. The van der Waals surface area contributed by atoms with Crippen molar-refractivity contribution in [2.75, 3.05) is 0 Å². The highest BCUT2D eigenvalue weighted by Crippen LogP contribution is 2.47. The van der Waals surface area contributed by atoms with E-state index in [1.54, 1.807) is 10.9 Å². The molecule has 0 bridgehead atoms. The van der Waals surface area contributed by atoms with Crippen LogP contribution in [0.15, 0.2) is 39.9 Å². The third-order valence-electron chi connectivity index (χ3n) is 4.83. The number of aromatic amines is 1. The minimum Gasteiger partial charge on any atom is -0.485 e. The van der Waals surface area contributed by atoms with E-state index in [0.29, 0.717) is 28.2 Å². The van der Waals surface area contributed by atoms with E-state index >= 15 is 0 Å². The maximum Gasteiger partial charge on any atom is 0.216 e. The quantitative estimate of drug-likeness (QED) is 0.494. The summed E-state index contributed by atoms with van der Waals surface area (Å²) >= 11 is 5.28. The first-order valence-corrected chi connectivity index (χ1v) is 9.42. The number of aryl methyl sites for hydroxylation is 2. The second-order valence-corrected chi connectivity index (χ2v) is 7.51. The Labute approximate surface area is 162 Å². The van der Waals surface area contributed by atoms with Crippen molar-refractivity contribution in [3.05, 3.63) is 63.6 Å². The van der Waals surface area contributed by atoms with Crippen molar-refractivity contribution in [1.29, 1.82) is 0 Å². The van der Waals surface area contributed by atoms with E-state index in [0.717, 1.165) is 17.1 Å². The lowest BCUT2D eigenvalue weighted by atomic mass is 10.1. The molecule has 0 spiro atoms. The summed E-state index contributed by atoms with van der Waals surface area (Å²) in [6.07, 6.45) is 2.85. The summed E-state index contributed by atoms with van der Waals surface area (Å²) in [7, 11) is 0. The molecule has 2 atom stereocenters. The first-order chi connectivity index (χ1) is 13.0. The third-order valence-corrected chi connectivity index (χ3v) is 5.09. The Bertz CT molecular complexity index is 1050. The lowest BCUT2D eigenvalue weighted by Gasteiger charge is -2.09. The Morgan fingerprint density at radius 1 is 1.37 bits per heavy atom. The standard InChI is InChI=1S/C20H22N4O2S/c1-12-4-6-17(14(3)8-12)25-11-19-22-23-20(27)24(19)21-10-15-5-7-18(26-15)16-9-13(16)2/h4-8,10,13,16H,9,11H2,1-3H3,(H,23,27)/b21-10-/t13-,16+/m1/s1. The van der Waals surface area contributed by atoms with Gasteiger partial charge in [0.25, 0.3) is 0 Å². The van der Waals surface area contributed by atoms with E-state index in [1.165, 1.54) is 12.0 Å². The second kappa shape index (κ2) is 7.15. The zero-order valence-corrected chi connectivity index (χ0v) is 16.4. The lowest BCUT2D eigenvalue weighted by molar-refractivity contribution is 0.288. The molecule has 1 aliphatic rings. The van der Waals surface area contributed by atoms with Gasteiger partial charge >= 0.3 is 0 Å². The molecule has 0 saturated heterocycles. The van der Waals surface area contributed by atoms with Crippen LogP contribution in [-0.4, -0.2) is 21.1 Å². The maximum atomic E-state index is 5.89. The monoisotopic (exact) mass is 382 g/mol. The van der Waals surface area contributed by atoms with Gasteiger partial charge in [-0.1, -0.05) is 24.6 Å². The van der Waals surface area contributed by atoms with Gasteiger partial charge in [0.2, 0.25) is 4.77 Å². The van der Waals surface area contributed by atoms with E-state index in [1.807, 2.05) is 31.2 Å². The molecular formula is C20H22N4O2S. The Hall–Kier alpha value is -2.67. The molecule has 4 rings (SSSR count). The fraction of sp³-hybridized carbons (Fsp3) is 0.350. The highest BCUT2D eigenvalue weighted by atomic mass is 32.1. The molecule has 27 heavy (non-hydrogen) atoms. The average Bonchev–Trinajstić information content (AvgIpc) is 3.03. The number of hydrogen-bond donors (Lipinski definition) is 1. The third kappa shape index (κ3) is 3.88. The molecule has 0 aliphatic heterocycles. The molecule has 1 aromatic carbocycles. The minimum atomic E-state index is 0.261. The molecule has 1 fully saturated rings. The van der Waals surface area contributed by atoms with Gasteiger partial charge in [-0.15, -0.1) is 0 Å². The molecule has 3 aromatic rings. The largest absolute Gasteiger partial charge is 0.485 e. The van der Waals surface area contributed by atoms with Crippen LogP contribution >= 0.6 is 12.2 Å². The number of H-pyrrole nitrogens is 1. The summed E-state index contributed by atoms with van der Waals surface area (Å²) < 4.78 is 13.7. The van der Waals surface area contributed by atoms with Gasteiger partial charge in [-0.05, 0) is 62.2 Å². The molecule has 6 nitrogen and oxygen atoms in total. The van der Waals surface area contributed by atoms with E-state index < -0.39 is 0 Å². The lowest BCUT2D eigenvalue weighted by Crippen LogP contribution is -2.05. The molecular weight excluding hydrogens is 360 g/mol. The molecule has 1 aliphatic carbocycles. The van der Waals surface area contributed by atoms with Gasteiger partial charge in [0.15, 0.2) is 5.82 Å². The molecule has 1 N–H and O–H groups in total. The SMILES string of the molecule is Cc1ccc(OCc2n[nH]c(=S)n2/N=C\c2ccc([C@H]3C[C@H]3C)o2)c(C)c1. The van der Waals surface area contributed by atoms with Gasteiger partial charge in [-0.3, -0.25) is 0 Å². The average molecular weight is 382 g/mol. The second-order valence-electron chi connectivity index (χ2n) is 7.12. The zero-order chi connectivity index (χ0) is 19.0. The molecule has 140 valence electrons. The number of nitrogens with zero attached hydrogens (tertiary/aromatic N) is 3. The van der Waals surface area contributed by atoms with E-state index in [2.05, 4.69) is 35.2 Å². The highest BCUT2D eigenvalue weighted by Gasteiger charge is 2.36. The van der Waals surface area contributed by atoms with E-state index in [-0.39, 0.29) is 6.61 Å². The van der Waals surface area contributed by atoms with Crippen LogP contribution in [0.25, 0.3) is 0 Å².